The monoisotopic (exact) mass is 230 g/mol. The predicted octanol–water partition coefficient (Wildman–Crippen LogP) is 0.298. The van der Waals surface area contributed by atoms with Crippen LogP contribution in [0.15, 0.2) is 24.5 Å². The molecule has 0 aliphatic heterocycles. The van der Waals surface area contributed by atoms with E-state index in [0.29, 0.717) is 5.69 Å². The number of hydrogen-bond acceptors (Lipinski definition) is 4. The summed E-state index contributed by atoms with van der Waals surface area (Å²) in [6.07, 6.45) is 2.72. The van der Waals surface area contributed by atoms with Gasteiger partial charge in [0.1, 0.15) is 0 Å². The van der Waals surface area contributed by atoms with E-state index in [-0.39, 0.29) is 6.42 Å². The van der Waals surface area contributed by atoms with Crippen LogP contribution in [-0.4, -0.2) is 29.6 Å². The Morgan fingerprint density at radius 3 is 2.53 bits per heavy atom. The molecule has 0 spiro atoms. The van der Waals surface area contributed by atoms with Crippen LogP contribution in [0.1, 0.15) is 6.42 Å². The van der Waals surface area contributed by atoms with Crippen molar-refractivity contribution in [3.63, 3.8) is 0 Å². The first-order valence-electron chi connectivity index (χ1n) is 4.12. The summed E-state index contributed by atoms with van der Waals surface area (Å²) in [7, 11) is -4.08. The first-order valence-corrected chi connectivity index (χ1v) is 5.73. The molecule has 0 fully saturated rings. The third-order valence-electron chi connectivity index (χ3n) is 1.55. The lowest BCUT2D eigenvalue weighted by Crippen LogP contribution is -2.16. The SMILES string of the molecule is O=C(CCS(=O)(=O)O)Nc1ccncc1. The molecule has 1 aromatic rings. The molecule has 82 valence electrons. The van der Waals surface area contributed by atoms with Gasteiger partial charge < -0.3 is 5.32 Å². The van der Waals surface area contributed by atoms with Crippen molar-refractivity contribution in [3.05, 3.63) is 24.5 Å². The molecule has 2 N–H and O–H groups in total. The molecule has 0 aromatic carbocycles. The Morgan fingerprint density at radius 2 is 2.00 bits per heavy atom. The number of amides is 1. The Bertz CT molecular complexity index is 429. The van der Waals surface area contributed by atoms with Gasteiger partial charge in [-0.2, -0.15) is 8.42 Å². The second kappa shape index (κ2) is 4.85. The van der Waals surface area contributed by atoms with Crippen molar-refractivity contribution in [1.82, 2.24) is 4.98 Å². The van der Waals surface area contributed by atoms with E-state index in [1.807, 2.05) is 0 Å². The molecule has 0 aliphatic rings. The predicted molar refractivity (Wildman–Crippen MR) is 53.9 cm³/mol. The lowest BCUT2D eigenvalue weighted by molar-refractivity contribution is -0.115. The highest BCUT2D eigenvalue weighted by Crippen LogP contribution is 2.03. The summed E-state index contributed by atoms with van der Waals surface area (Å²) in [6, 6.07) is 3.15. The van der Waals surface area contributed by atoms with Gasteiger partial charge in [0.05, 0.1) is 5.75 Å². The fourth-order valence-electron chi connectivity index (χ4n) is 0.880. The van der Waals surface area contributed by atoms with Crippen molar-refractivity contribution in [2.24, 2.45) is 0 Å². The number of nitrogens with zero attached hydrogens (tertiary/aromatic N) is 1. The number of carbonyl (C=O) groups excluding carboxylic acids is 1. The normalized spacial score (nSPS) is 11.0. The maximum absolute atomic E-state index is 11.2. The summed E-state index contributed by atoms with van der Waals surface area (Å²) in [4.78, 5) is 14.9. The van der Waals surface area contributed by atoms with Crippen molar-refractivity contribution >= 4 is 21.7 Å². The molecule has 1 amide bonds. The van der Waals surface area contributed by atoms with E-state index >= 15 is 0 Å². The third-order valence-corrected chi connectivity index (χ3v) is 2.27. The summed E-state index contributed by atoms with van der Waals surface area (Å²) in [5.74, 6) is -1.05. The smallest absolute Gasteiger partial charge is 0.265 e. The van der Waals surface area contributed by atoms with E-state index in [2.05, 4.69) is 10.3 Å². The molecule has 1 heterocycles. The largest absolute Gasteiger partial charge is 0.326 e. The summed E-state index contributed by atoms with van der Waals surface area (Å²) in [5.41, 5.74) is 0.533. The van der Waals surface area contributed by atoms with Crippen LogP contribution in [0.25, 0.3) is 0 Å². The van der Waals surface area contributed by atoms with Crippen LogP contribution in [0, 0.1) is 0 Å². The van der Waals surface area contributed by atoms with Crippen LogP contribution in [0.4, 0.5) is 5.69 Å². The van der Waals surface area contributed by atoms with E-state index in [1.54, 1.807) is 12.1 Å². The highest BCUT2D eigenvalue weighted by molar-refractivity contribution is 7.85. The highest BCUT2D eigenvalue weighted by Gasteiger charge is 2.09. The maximum atomic E-state index is 11.2. The van der Waals surface area contributed by atoms with Crippen LogP contribution in [-0.2, 0) is 14.9 Å². The van der Waals surface area contributed by atoms with Gasteiger partial charge in [0.2, 0.25) is 5.91 Å². The molecule has 7 heteroatoms. The molecular formula is C8H10N2O4S. The molecular weight excluding hydrogens is 220 g/mol. The Kier molecular flexibility index (Phi) is 3.75. The van der Waals surface area contributed by atoms with Crippen LogP contribution < -0.4 is 5.32 Å². The zero-order valence-corrected chi connectivity index (χ0v) is 8.57. The van der Waals surface area contributed by atoms with Gasteiger partial charge in [0, 0.05) is 24.5 Å². The molecule has 0 radical (unpaired) electrons. The summed E-state index contributed by atoms with van der Waals surface area (Å²) >= 11 is 0. The van der Waals surface area contributed by atoms with Gasteiger partial charge in [-0.15, -0.1) is 0 Å². The zero-order valence-electron chi connectivity index (χ0n) is 7.75. The summed E-state index contributed by atoms with van der Waals surface area (Å²) in [6.45, 7) is 0. The molecule has 15 heavy (non-hydrogen) atoms. The number of anilines is 1. The molecule has 0 unspecified atom stereocenters. The van der Waals surface area contributed by atoms with Gasteiger partial charge >= 0.3 is 0 Å². The lowest BCUT2D eigenvalue weighted by atomic mass is 10.4. The van der Waals surface area contributed by atoms with E-state index in [1.165, 1.54) is 12.4 Å². The zero-order chi connectivity index (χ0) is 11.3. The quantitative estimate of drug-likeness (QED) is 0.725. The Labute approximate surface area is 87.1 Å². The maximum Gasteiger partial charge on any atom is 0.265 e. The topological polar surface area (TPSA) is 96.4 Å². The first kappa shape index (κ1) is 11.6. The molecule has 1 rings (SSSR count). The Balaban J connectivity index is 2.44. The Morgan fingerprint density at radius 1 is 1.40 bits per heavy atom. The van der Waals surface area contributed by atoms with Crippen molar-refractivity contribution in [2.75, 3.05) is 11.1 Å². The molecule has 0 saturated heterocycles. The lowest BCUT2D eigenvalue weighted by Gasteiger charge is -2.02. The van der Waals surface area contributed by atoms with Gasteiger partial charge in [-0.1, -0.05) is 0 Å². The van der Waals surface area contributed by atoms with Gasteiger partial charge in [-0.3, -0.25) is 14.3 Å². The first-order chi connectivity index (χ1) is 6.97. The number of pyridine rings is 1. The minimum absolute atomic E-state index is 0.277. The number of nitrogens with one attached hydrogen (secondary N) is 1. The van der Waals surface area contributed by atoms with E-state index in [9.17, 15) is 13.2 Å². The van der Waals surface area contributed by atoms with E-state index in [0.717, 1.165) is 0 Å². The second-order valence-corrected chi connectivity index (χ2v) is 4.39. The number of aromatic nitrogens is 1. The Hall–Kier alpha value is -1.47. The summed E-state index contributed by atoms with van der Waals surface area (Å²) < 4.78 is 29.1. The number of rotatable bonds is 4. The number of carbonyl (C=O) groups is 1. The average Bonchev–Trinajstić information content (AvgIpc) is 2.15. The summed E-state index contributed by atoms with van der Waals surface area (Å²) in [5, 5.41) is 2.46. The molecule has 0 atom stereocenters. The third kappa shape index (κ3) is 5.08. The minimum Gasteiger partial charge on any atom is -0.326 e. The number of hydrogen-bond donors (Lipinski definition) is 2. The van der Waals surface area contributed by atoms with Crippen molar-refractivity contribution in [2.45, 2.75) is 6.42 Å². The molecule has 0 aliphatic carbocycles. The van der Waals surface area contributed by atoms with Gasteiger partial charge in [-0.05, 0) is 12.1 Å². The van der Waals surface area contributed by atoms with Crippen molar-refractivity contribution in [1.29, 1.82) is 0 Å². The van der Waals surface area contributed by atoms with E-state index in [4.69, 9.17) is 4.55 Å². The molecule has 1 aromatic heterocycles. The fourth-order valence-corrected chi connectivity index (χ4v) is 1.32. The van der Waals surface area contributed by atoms with Gasteiger partial charge in [0.25, 0.3) is 10.1 Å². The standard InChI is InChI=1S/C8H10N2O4S/c11-8(3-6-15(12,13)14)10-7-1-4-9-5-2-7/h1-2,4-5H,3,6H2,(H,9,10,11)(H,12,13,14). The van der Waals surface area contributed by atoms with Crippen LogP contribution in [0.2, 0.25) is 0 Å². The molecule has 6 nitrogen and oxygen atoms in total. The van der Waals surface area contributed by atoms with Crippen LogP contribution in [0.5, 0.6) is 0 Å². The van der Waals surface area contributed by atoms with E-state index < -0.39 is 21.8 Å². The van der Waals surface area contributed by atoms with Gasteiger partial charge in [-0.25, -0.2) is 0 Å². The average molecular weight is 230 g/mol. The second-order valence-electron chi connectivity index (χ2n) is 2.82. The van der Waals surface area contributed by atoms with Crippen molar-refractivity contribution in [3.8, 4) is 0 Å². The van der Waals surface area contributed by atoms with Crippen molar-refractivity contribution < 1.29 is 17.8 Å². The van der Waals surface area contributed by atoms with Gasteiger partial charge in [0.15, 0.2) is 0 Å². The minimum atomic E-state index is -4.08. The highest BCUT2D eigenvalue weighted by atomic mass is 32.2. The molecule has 0 saturated carbocycles. The van der Waals surface area contributed by atoms with Crippen LogP contribution >= 0.6 is 0 Å². The fraction of sp³-hybridized carbons (Fsp3) is 0.250. The molecule has 0 bridgehead atoms. The van der Waals surface area contributed by atoms with Crippen LogP contribution in [0.3, 0.4) is 0 Å².